The van der Waals surface area contributed by atoms with E-state index in [4.69, 9.17) is 0 Å². The normalized spacial score (nSPS) is 13.0. The van der Waals surface area contributed by atoms with Gasteiger partial charge in [0.1, 0.15) is 0 Å². The molecule has 0 N–H and O–H groups in total. The topological polar surface area (TPSA) is 38.5 Å². The third kappa shape index (κ3) is 2.09. The van der Waals surface area contributed by atoms with Gasteiger partial charge in [0.25, 0.3) is 0 Å². The summed E-state index contributed by atoms with van der Waals surface area (Å²) in [5.74, 6) is -0.181. The standard InChI is InChI=1S/C27H17NO2/c1-16-15-22-23-24(27(30)20-13-6-5-12-19(20)26(23)29)25(17-9-3-2-4-10-17)28(22)21-14-8-7-11-18(16)21/h2-15H,1H3. The quantitative estimate of drug-likeness (QED) is 0.355. The predicted octanol–water partition coefficient (Wildman–Crippen LogP) is 5.84. The molecule has 0 amide bonds. The Morgan fingerprint density at radius 2 is 1.23 bits per heavy atom. The minimum atomic E-state index is -0.0931. The van der Waals surface area contributed by atoms with Gasteiger partial charge < -0.3 is 4.40 Å². The molecule has 3 heteroatoms. The SMILES string of the molecule is Cc1cc2c3c(c(-c4ccccc4)n2c2ccccc12)C(=O)c1ccccc1C3=O. The highest BCUT2D eigenvalue weighted by Gasteiger charge is 2.36. The number of carbonyl (C=O) groups excluding carboxylic acids is 2. The zero-order chi connectivity index (χ0) is 20.4. The zero-order valence-electron chi connectivity index (χ0n) is 16.3. The number of hydrogen-bond donors (Lipinski definition) is 0. The lowest BCUT2D eigenvalue weighted by Gasteiger charge is -2.15. The second kappa shape index (κ2) is 6.01. The van der Waals surface area contributed by atoms with Crippen molar-refractivity contribution >= 4 is 28.0 Å². The number of pyridine rings is 1. The van der Waals surface area contributed by atoms with Gasteiger partial charge in [-0.2, -0.15) is 0 Å². The fourth-order valence-electron chi connectivity index (χ4n) is 4.73. The number of hydrogen-bond acceptors (Lipinski definition) is 2. The molecule has 0 unspecified atom stereocenters. The van der Waals surface area contributed by atoms with Gasteiger partial charge in [-0.15, -0.1) is 0 Å². The molecule has 0 radical (unpaired) electrons. The number of aromatic nitrogens is 1. The monoisotopic (exact) mass is 387 g/mol. The van der Waals surface area contributed by atoms with Crippen LogP contribution in [0.3, 0.4) is 0 Å². The van der Waals surface area contributed by atoms with Crippen molar-refractivity contribution < 1.29 is 9.59 Å². The maximum Gasteiger partial charge on any atom is 0.196 e. The minimum Gasteiger partial charge on any atom is -0.308 e. The molecule has 0 saturated heterocycles. The van der Waals surface area contributed by atoms with Crippen LogP contribution in [0.25, 0.3) is 27.7 Å². The minimum absolute atomic E-state index is 0.0884. The van der Waals surface area contributed by atoms with Crippen molar-refractivity contribution in [2.45, 2.75) is 6.92 Å². The van der Waals surface area contributed by atoms with Crippen LogP contribution in [0.1, 0.15) is 37.4 Å². The van der Waals surface area contributed by atoms with Crippen molar-refractivity contribution in [1.29, 1.82) is 0 Å². The van der Waals surface area contributed by atoms with E-state index in [0.29, 0.717) is 22.3 Å². The molecule has 0 fully saturated rings. The lowest BCUT2D eigenvalue weighted by atomic mass is 9.84. The second-order valence-electron chi connectivity index (χ2n) is 7.73. The molecule has 3 aromatic carbocycles. The summed E-state index contributed by atoms with van der Waals surface area (Å²) in [6, 6.07) is 27.2. The number of ketones is 2. The molecule has 0 saturated carbocycles. The molecule has 2 heterocycles. The molecule has 1 aliphatic carbocycles. The molecule has 0 bridgehead atoms. The van der Waals surface area contributed by atoms with Crippen LogP contribution in [0.4, 0.5) is 0 Å². The van der Waals surface area contributed by atoms with E-state index in [1.54, 1.807) is 12.1 Å². The first kappa shape index (κ1) is 16.9. The third-order valence-electron chi connectivity index (χ3n) is 6.05. The summed E-state index contributed by atoms with van der Waals surface area (Å²) < 4.78 is 2.09. The number of fused-ring (bicyclic) bond motifs is 6. The lowest BCUT2D eigenvalue weighted by Crippen LogP contribution is -2.19. The van der Waals surface area contributed by atoms with E-state index in [-0.39, 0.29) is 11.6 Å². The highest BCUT2D eigenvalue weighted by molar-refractivity contribution is 6.33. The maximum atomic E-state index is 13.7. The second-order valence-corrected chi connectivity index (χ2v) is 7.73. The first-order valence-electron chi connectivity index (χ1n) is 9.97. The third-order valence-corrected chi connectivity index (χ3v) is 6.05. The van der Waals surface area contributed by atoms with Gasteiger partial charge in [-0.3, -0.25) is 9.59 Å². The molecule has 3 nitrogen and oxygen atoms in total. The van der Waals surface area contributed by atoms with E-state index in [2.05, 4.69) is 16.5 Å². The maximum absolute atomic E-state index is 13.7. The van der Waals surface area contributed by atoms with Crippen molar-refractivity contribution in [3.05, 3.63) is 113 Å². The number of benzene rings is 3. The first-order chi connectivity index (χ1) is 14.7. The molecule has 30 heavy (non-hydrogen) atoms. The van der Waals surface area contributed by atoms with Crippen LogP contribution in [-0.2, 0) is 0 Å². The molecular weight excluding hydrogens is 370 g/mol. The summed E-state index contributed by atoms with van der Waals surface area (Å²) in [5.41, 5.74) is 6.52. The number of carbonyl (C=O) groups is 2. The molecule has 0 atom stereocenters. The summed E-state index contributed by atoms with van der Waals surface area (Å²) in [6.07, 6.45) is 0. The van der Waals surface area contributed by atoms with Crippen molar-refractivity contribution in [3.8, 4) is 11.3 Å². The van der Waals surface area contributed by atoms with E-state index in [0.717, 1.165) is 33.2 Å². The number of para-hydroxylation sites is 1. The smallest absolute Gasteiger partial charge is 0.196 e. The Morgan fingerprint density at radius 3 is 1.97 bits per heavy atom. The van der Waals surface area contributed by atoms with Crippen molar-refractivity contribution in [3.63, 3.8) is 0 Å². The Hall–Kier alpha value is -3.98. The Morgan fingerprint density at radius 1 is 0.633 bits per heavy atom. The summed E-state index contributed by atoms with van der Waals surface area (Å²) in [7, 11) is 0. The van der Waals surface area contributed by atoms with Crippen LogP contribution in [0.15, 0.2) is 84.9 Å². The van der Waals surface area contributed by atoms with Crippen LogP contribution in [0.2, 0.25) is 0 Å². The van der Waals surface area contributed by atoms with Gasteiger partial charge in [0.05, 0.1) is 27.9 Å². The molecule has 5 aromatic rings. The molecule has 142 valence electrons. The van der Waals surface area contributed by atoms with Gasteiger partial charge in [0.2, 0.25) is 0 Å². The average molecular weight is 387 g/mol. The van der Waals surface area contributed by atoms with E-state index in [1.807, 2.05) is 67.6 Å². The largest absolute Gasteiger partial charge is 0.308 e. The van der Waals surface area contributed by atoms with E-state index >= 15 is 0 Å². The van der Waals surface area contributed by atoms with Crippen LogP contribution in [-0.4, -0.2) is 16.0 Å². The number of nitrogens with zero attached hydrogens (tertiary/aromatic N) is 1. The Labute approximate surface area is 173 Å². The molecule has 6 rings (SSSR count). The van der Waals surface area contributed by atoms with Gasteiger partial charge in [-0.1, -0.05) is 72.8 Å². The Bertz CT molecular complexity index is 1520. The highest BCUT2D eigenvalue weighted by Crippen LogP contribution is 2.41. The van der Waals surface area contributed by atoms with Crippen LogP contribution < -0.4 is 0 Å². The van der Waals surface area contributed by atoms with Crippen LogP contribution >= 0.6 is 0 Å². The lowest BCUT2D eigenvalue weighted by molar-refractivity contribution is 0.0981. The first-order valence-corrected chi connectivity index (χ1v) is 9.97. The summed E-state index contributed by atoms with van der Waals surface area (Å²) in [5, 5.41) is 1.10. The van der Waals surface area contributed by atoms with Crippen LogP contribution in [0, 0.1) is 6.92 Å². The number of rotatable bonds is 1. The van der Waals surface area contributed by atoms with Crippen molar-refractivity contribution in [2.75, 3.05) is 0 Å². The summed E-state index contributed by atoms with van der Waals surface area (Å²) in [4.78, 5) is 27.3. The fourth-order valence-corrected chi connectivity index (χ4v) is 4.73. The van der Waals surface area contributed by atoms with Gasteiger partial charge in [-0.25, -0.2) is 0 Å². The van der Waals surface area contributed by atoms with Gasteiger partial charge >= 0.3 is 0 Å². The van der Waals surface area contributed by atoms with E-state index < -0.39 is 0 Å². The highest BCUT2D eigenvalue weighted by atomic mass is 16.1. The molecule has 2 aromatic heterocycles. The van der Waals surface area contributed by atoms with Crippen molar-refractivity contribution in [2.24, 2.45) is 0 Å². The average Bonchev–Trinajstić information content (AvgIpc) is 3.14. The Balaban J connectivity index is 1.88. The molecule has 0 spiro atoms. The Kier molecular flexibility index (Phi) is 3.39. The summed E-state index contributed by atoms with van der Waals surface area (Å²) >= 11 is 0. The zero-order valence-corrected chi connectivity index (χ0v) is 16.3. The van der Waals surface area contributed by atoms with Gasteiger partial charge in [0.15, 0.2) is 11.6 Å². The van der Waals surface area contributed by atoms with E-state index in [9.17, 15) is 9.59 Å². The van der Waals surface area contributed by atoms with Gasteiger partial charge in [0, 0.05) is 16.5 Å². The molecule has 1 aliphatic rings. The van der Waals surface area contributed by atoms with Crippen LogP contribution in [0.5, 0.6) is 0 Å². The predicted molar refractivity (Wildman–Crippen MR) is 118 cm³/mol. The molecular formula is C27H17NO2. The van der Waals surface area contributed by atoms with Gasteiger partial charge in [-0.05, 0) is 30.2 Å². The molecule has 0 aliphatic heterocycles. The fraction of sp³-hybridized carbons (Fsp3) is 0.0370. The summed E-state index contributed by atoms with van der Waals surface area (Å²) in [6.45, 7) is 2.05. The van der Waals surface area contributed by atoms with E-state index in [1.165, 1.54) is 0 Å². The number of aryl methyl sites for hydroxylation is 1. The van der Waals surface area contributed by atoms with Crippen molar-refractivity contribution in [1.82, 2.24) is 4.40 Å².